The Balaban J connectivity index is 1.53. The maximum atomic E-state index is 12.4. The van der Waals surface area contributed by atoms with Gasteiger partial charge in [0.1, 0.15) is 0 Å². The SMILES string of the molecule is CC(C)c1ccc(C(C)NC(=O)CN2CCc3sccc3C2)cc1. The van der Waals surface area contributed by atoms with Gasteiger partial charge in [-0.15, -0.1) is 11.3 Å². The Kier molecular flexibility index (Phi) is 5.36. The number of amides is 1. The Morgan fingerprint density at radius 2 is 1.88 bits per heavy atom. The number of nitrogens with one attached hydrogen (secondary N) is 1. The highest BCUT2D eigenvalue weighted by Gasteiger charge is 2.20. The summed E-state index contributed by atoms with van der Waals surface area (Å²) in [4.78, 5) is 16.1. The predicted molar refractivity (Wildman–Crippen MR) is 100 cm³/mol. The monoisotopic (exact) mass is 342 g/mol. The third kappa shape index (κ3) is 4.05. The van der Waals surface area contributed by atoms with E-state index in [4.69, 9.17) is 0 Å². The summed E-state index contributed by atoms with van der Waals surface area (Å²) in [6, 6.07) is 10.8. The van der Waals surface area contributed by atoms with E-state index in [2.05, 4.69) is 66.7 Å². The molecule has 1 aliphatic heterocycles. The second-order valence-corrected chi connectivity index (χ2v) is 7.94. The lowest BCUT2D eigenvalue weighted by molar-refractivity contribution is -0.123. The molecule has 0 bridgehead atoms. The van der Waals surface area contributed by atoms with E-state index in [9.17, 15) is 4.79 Å². The molecule has 0 fully saturated rings. The van der Waals surface area contributed by atoms with Crippen LogP contribution in [0.15, 0.2) is 35.7 Å². The molecular formula is C20H26N2OS. The van der Waals surface area contributed by atoms with Crippen molar-refractivity contribution in [3.63, 3.8) is 0 Å². The summed E-state index contributed by atoms with van der Waals surface area (Å²) in [5.74, 6) is 0.638. The number of carbonyl (C=O) groups is 1. The summed E-state index contributed by atoms with van der Waals surface area (Å²) >= 11 is 1.83. The number of nitrogens with zero attached hydrogens (tertiary/aromatic N) is 1. The van der Waals surface area contributed by atoms with Crippen molar-refractivity contribution < 1.29 is 4.79 Å². The number of carbonyl (C=O) groups excluding carboxylic acids is 1. The minimum Gasteiger partial charge on any atom is -0.348 e. The third-order valence-corrected chi connectivity index (χ3v) is 5.76. The normalized spacial score (nSPS) is 16.0. The lowest BCUT2D eigenvalue weighted by Gasteiger charge is -2.26. The number of hydrogen-bond donors (Lipinski definition) is 1. The first kappa shape index (κ1) is 17.2. The summed E-state index contributed by atoms with van der Waals surface area (Å²) in [6.07, 6.45) is 1.06. The molecule has 1 unspecified atom stereocenters. The van der Waals surface area contributed by atoms with Crippen LogP contribution in [0.25, 0.3) is 0 Å². The highest BCUT2D eigenvalue weighted by Crippen LogP contribution is 2.24. The van der Waals surface area contributed by atoms with E-state index in [1.165, 1.54) is 16.0 Å². The number of hydrogen-bond acceptors (Lipinski definition) is 3. The molecule has 0 aliphatic carbocycles. The zero-order valence-electron chi connectivity index (χ0n) is 14.7. The quantitative estimate of drug-likeness (QED) is 0.887. The van der Waals surface area contributed by atoms with Crippen LogP contribution >= 0.6 is 11.3 Å². The first-order chi connectivity index (χ1) is 11.5. The molecule has 24 heavy (non-hydrogen) atoms. The fraction of sp³-hybridized carbons (Fsp3) is 0.450. The van der Waals surface area contributed by atoms with Gasteiger partial charge in [0, 0.05) is 18.0 Å². The zero-order chi connectivity index (χ0) is 17.1. The van der Waals surface area contributed by atoms with Crippen molar-refractivity contribution in [1.82, 2.24) is 10.2 Å². The van der Waals surface area contributed by atoms with Crippen molar-refractivity contribution in [1.29, 1.82) is 0 Å². The largest absolute Gasteiger partial charge is 0.348 e. The Hall–Kier alpha value is -1.65. The van der Waals surface area contributed by atoms with Crippen LogP contribution in [-0.4, -0.2) is 23.9 Å². The fourth-order valence-electron chi connectivity index (χ4n) is 3.18. The molecule has 1 aromatic carbocycles. The maximum Gasteiger partial charge on any atom is 0.234 e. The first-order valence-corrected chi connectivity index (χ1v) is 9.57. The molecule has 1 atom stereocenters. The zero-order valence-corrected chi connectivity index (χ0v) is 15.5. The van der Waals surface area contributed by atoms with Gasteiger partial charge in [-0.25, -0.2) is 0 Å². The van der Waals surface area contributed by atoms with E-state index in [0.717, 1.165) is 25.1 Å². The molecule has 0 radical (unpaired) electrons. The molecule has 128 valence electrons. The van der Waals surface area contributed by atoms with Crippen LogP contribution in [0.5, 0.6) is 0 Å². The lowest BCUT2D eigenvalue weighted by Crippen LogP contribution is -2.40. The summed E-state index contributed by atoms with van der Waals surface area (Å²) in [6.45, 7) is 8.77. The van der Waals surface area contributed by atoms with Gasteiger partial charge < -0.3 is 5.32 Å². The Morgan fingerprint density at radius 1 is 1.17 bits per heavy atom. The number of thiophene rings is 1. The molecular weight excluding hydrogens is 316 g/mol. The van der Waals surface area contributed by atoms with Crippen molar-refractivity contribution in [3.8, 4) is 0 Å². The van der Waals surface area contributed by atoms with E-state index in [0.29, 0.717) is 12.5 Å². The summed E-state index contributed by atoms with van der Waals surface area (Å²) in [5, 5.41) is 5.28. The molecule has 0 saturated carbocycles. The summed E-state index contributed by atoms with van der Waals surface area (Å²) in [7, 11) is 0. The number of fused-ring (bicyclic) bond motifs is 1. The number of rotatable bonds is 5. The van der Waals surface area contributed by atoms with Gasteiger partial charge in [-0.2, -0.15) is 0 Å². The third-order valence-electron chi connectivity index (χ3n) is 4.73. The van der Waals surface area contributed by atoms with Crippen molar-refractivity contribution in [2.75, 3.05) is 13.1 Å². The molecule has 1 N–H and O–H groups in total. The summed E-state index contributed by atoms with van der Waals surface area (Å²) < 4.78 is 0. The minimum absolute atomic E-state index is 0.0419. The second kappa shape index (κ2) is 7.49. The highest BCUT2D eigenvalue weighted by atomic mass is 32.1. The Bertz CT molecular complexity index is 690. The Morgan fingerprint density at radius 3 is 2.58 bits per heavy atom. The minimum atomic E-state index is 0.0419. The molecule has 4 heteroatoms. The van der Waals surface area contributed by atoms with Gasteiger partial charge >= 0.3 is 0 Å². The molecule has 3 nitrogen and oxygen atoms in total. The van der Waals surface area contributed by atoms with Crippen LogP contribution in [0.3, 0.4) is 0 Å². The van der Waals surface area contributed by atoms with E-state index in [1.807, 2.05) is 11.3 Å². The van der Waals surface area contributed by atoms with Crippen LogP contribution in [0.4, 0.5) is 0 Å². The van der Waals surface area contributed by atoms with Crippen molar-refractivity contribution in [2.24, 2.45) is 0 Å². The standard InChI is InChI=1S/C20H26N2OS/c1-14(2)16-4-6-17(7-5-16)15(3)21-20(23)13-22-10-8-19-18(12-22)9-11-24-19/h4-7,9,11,14-15H,8,10,12-13H2,1-3H3,(H,21,23). The van der Waals surface area contributed by atoms with Crippen LogP contribution in [0, 0.1) is 0 Å². The molecule has 3 rings (SSSR count). The van der Waals surface area contributed by atoms with E-state index < -0.39 is 0 Å². The molecule has 1 amide bonds. The van der Waals surface area contributed by atoms with Crippen molar-refractivity contribution >= 4 is 17.2 Å². The van der Waals surface area contributed by atoms with Gasteiger partial charge in [0.25, 0.3) is 0 Å². The molecule has 2 heterocycles. The average Bonchev–Trinajstić information content (AvgIpc) is 3.02. The molecule has 2 aromatic rings. The van der Waals surface area contributed by atoms with Gasteiger partial charge in [0.2, 0.25) is 5.91 Å². The van der Waals surface area contributed by atoms with E-state index in [-0.39, 0.29) is 11.9 Å². The van der Waals surface area contributed by atoms with Crippen molar-refractivity contribution in [2.45, 2.75) is 45.7 Å². The highest BCUT2D eigenvalue weighted by molar-refractivity contribution is 7.10. The molecule has 0 spiro atoms. The first-order valence-electron chi connectivity index (χ1n) is 8.69. The Labute approximate surface area is 148 Å². The van der Waals surface area contributed by atoms with Gasteiger partial charge in [-0.05, 0) is 47.4 Å². The second-order valence-electron chi connectivity index (χ2n) is 6.94. The maximum absolute atomic E-state index is 12.4. The molecule has 1 aromatic heterocycles. The number of benzene rings is 1. The predicted octanol–water partition coefficient (Wildman–Crippen LogP) is 4.11. The summed E-state index contributed by atoms with van der Waals surface area (Å²) in [5.41, 5.74) is 3.88. The van der Waals surface area contributed by atoms with Gasteiger partial charge in [-0.3, -0.25) is 9.69 Å². The van der Waals surface area contributed by atoms with Gasteiger partial charge in [-0.1, -0.05) is 38.1 Å². The van der Waals surface area contributed by atoms with Crippen LogP contribution in [0.1, 0.15) is 54.3 Å². The van der Waals surface area contributed by atoms with Crippen LogP contribution in [-0.2, 0) is 17.8 Å². The fourth-order valence-corrected chi connectivity index (χ4v) is 4.07. The lowest BCUT2D eigenvalue weighted by atomic mass is 9.99. The topological polar surface area (TPSA) is 32.3 Å². The van der Waals surface area contributed by atoms with Gasteiger partial charge in [0.05, 0.1) is 12.6 Å². The van der Waals surface area contributed by atoms with Crippen LogP contribution in [0.2, 0.25) is 0 Å². The van der Waals surface area contributed by atoms with Gasteiger partial charge in [0.15, 0.2) is 0 Å². The van der Waals surface area contributed by atoms with Crippen LogP contribution < -0.4 is 5.32 Å². The van der Waals surface area contributed by atoms with Crippen molar-refractivity contribution in [3.05, 3.63) is 57.3 Å². The van der Waals surface area contributed by atoms with E-state index >= 15 is 0 Å². The van der Waals surface area contributed by atoms with E-state index in [1.54, 1.807) is 0 Å². The molecule has 1 aliphatic rings. The molecule has 0 saturated heterocycles. The average molecular weight is 343 g/mol. The smallest absolute Gasteiger partial charge is 0.234 e.